The van der Waals surface area contributed by atoms with Crippen molar-refractivity contribution in [2.24, 2.45) is 0 Å². The lowest BCUT2D eigenvalue weighted by Crippen LogP contribution is -2.17. The van der Waals surface area contributed by atoms with Crippen LogP contribution >= 0.6 is 0 Å². The number of hydrogen-bond donors (Lipinski definition) is 1. The molecular formula is C12H17NO3. The van der Waals surface area contributed by atoms with Gasteiger partial charge in [-0.05, 0) is 17.2 Å². The first kappa shape index (κ1) is 11.4. The smallest absolute Gasteiger partial charge is 0.122 e. The first-order valence-electron chi connectivity index (χ1n) is 5.48. The second kappa shape index (κ2) is 5.84. The molecule has 2 rings (SSSR count). The van der Waals surface area contributed by atoms with Gasteiger partial charge in [-0.15, -0.1) is 0 Å². The molecule has 0 saturated heterocycles. The van der Waals surface area contributed by atoms with Gasteiger partial charge in [0, 0.05) is 20.1 Å². The first-order chi connectivity index (χ1) is 7.90. The summed E-state index contributed by atoms with van der Waals surface area (Å²) >= 11 is 0. The van der Waals surface area contributed by atoms with Crippen molar-refractivity contribution < 1.29 is 14.3 Å². The summed E-state index contributed by atoms with van der Waals surface area (Å²) in [5.74, 6) is 1.02. The van der Waals surface area contributed by atoms with Crippen LogP contribution in [0.4, 0.5) is 0 Å². The van der Waals surface area contributed by atoms with Gasteiger partial charge in [-0.3, -0.25) is 4.84 Å². The second-order valence-electron chi connectivity index (χ2n) is 3.70. The van der Waals surface area contributed by atoms with Crippen LogP contribution in [-0.2, 0) is 22.5 Å². The van der Waals surface area contributed by atoms with Gasteiger partial charge in [0.05, 0.1) is 19.8 Å². The van der Waals surface area contributed by atoms with E-state index in [9.17, 15) is 0 Å². The van der Waals surface area contributed by atoms with Gasteiger partial charge in [-0.1, -0.05) is 12.1 Å². The molecule has 0 saturated carbocycles. The zero-order chi connectivity index (χ0) is 11.2. The zero-order valence-corrected chi connectivity index (χ0v) is 9.49. The molecule has 1 aromatic rings. The lowest BCUT2D eigenvalue weighted by Gasteiger charge is -2.06. The minimum atomic E-state index is 0.560. The third-order valence-electron chi connectivity index (χ3n) is 2.52. The van der Waals surface area contributed by atoms with Crippen LogP contribution in [0.5, 0.6) is 5.75 Å². The normalized spacial score (nSPS) is 13.6. The van der Waals surface area contributed by atoms with E-state index in [4.69, 9.17) is 14.3 Å². The maximum absolute atomic E-state index is 5.44. The molecule has 0 amide bonds. The summed E-state index contributed by atoms with van der Waals surface area (Å²) in [5, 5.41) is 0. The van der Waals surface area contributed by atoms with Crippen molar-refractivity contribution in [1.82, 2.24) is 5.48 Å². The molecule has 1 N–H and O–H groups in total. The summed E-state index contributed by atoms with van der Waals surface area (Å²) in [6.07, 6.45) is 1.01. The number of rotatable bonds is 6. The predicted octanol–water partition coefficient (Wildman–Crippen LogP) is 1.29. The van der Waals surface area contributed by atoms with E-state index in [1.807, 2.05) is 6.07 Å². The molecule has 1 aromatic carbocycles. The Morgan fingerprint density at radius 1 is 1.38 bits per heavy atom. The standard InChI is InChI=1S/C12H17NO3/c1-14-6-7-16-13-9-10-2-3-12-11(8-10)4-5-15-12/h2-3,8,13H,4-7,9H2,1H3. The molecule has 0 aromatic heterocycles. The Hall–Kier alpha value is -1.10. The molecule has 4 heteroatoms. The van der Waals surface area contributed by atoms with Crippen molar-refractivity contribution in [3.05, 3.63) is 29.3 Å². The number of fused-ring (bicyclic) bond motifs is 1. The van der Waals surface area contributed by atoms with Gasteiger partial charge in [0.1, 0.15) is 5.75 Å². The van der Waals surface area contributed by atoms with Gasteiger partial charge >= 0.3 is 0 Å². The molecule has 0 bridgehead atoms. The topological polar surface area (TPSA) is 39.7 Å². The molecule has 0 unspecified atom stereocenters. The van der Waals surface area contributed by atoms with Crippen molar-refractivity contribution in [3.8, 4) is 5.75 Å². The van der Waals surface area contributed by atoms with Crippen molar-refractivity contribution in [2.45, 2.75) is 13.0 Å². The molecule has 1 heterocycles. The fourth-order valence-electron chi connectivity index (χ4n) is 1.68. The summed E-state index contributed by atoms with van der Waals surface area (Å²) in [5.41, 5.74) is 5.40. The van der Waals surface area contributed by atoms with Gasteiger partial charge in [0.2, 0.25) is 0 Å². The molecule has 0 spiro atoms. The van der Waals surface area contributed by atoms with Crippen molar-refractivity contribution in [2.75, 3.05) is 26.9 Å². The number of benzene rings is 1. The van der Waals surface area contributed by atoms with Gasteiger partial charge in [-0.2, -0.15) is 5.48 Å². The van der Waals surface area contributed by atoms with E-state index in [-0.39, 0.29) is 0 Å². The number of ether oxygens (including phenoxy) is 2. The van der Waals surface area contributed by atoms with E-state index < -0.39 is 0 Å². The van der Waals surface area contributed by atoms with Crippen LogP contribution in [-0.4, -0.2) is 26.9 Å². The number of nitrogens with one attached hydrogen (secondary N) is 1. The number of methoxy groups -OCH3 is 1. The summed E-state index contributed by atoms with van der Waals surface area (Å²) in [6.45, 7) is 2.67. The Bertz CT molecular complexity index is 341. The van der Waals surface area contributed by atoms with Gasteiger partial charge in [0.15, 0.2) is 0 Å². The van der Waals surface area contributed by atoms with Gasteiger partial charge < -0.3 is 9.47 Å². The molecule has 1 aliphatic rings. The quantitative estimate of drug-likeness (QED) is 0.582. The molecular weight excluding hydrogens is 206 g/mol. The fourth-order valence-corrected chi connectivity index (χ4v) is 1.68. The maximum Gasteiger partial charge on any atom is 0.122 e. The highest BCUT2D eigenvalue weighted by atomic mass is 16.7. The van der Waals surface area contributed by atoms with E-state index >= 15 is 0 Å². The Balaban J connectivity index is 1.77. The van der Waals surface area contributed by atoms with Crippen LogP contribution in [0.2, 0.25) is 0 Å². The predicted molar refractivity (Wildman–Crippen MR) is 60.3 cm³/mol. The Morgan fingerprint density at radius 3 is 3.19 bits per heavy atom. The van der Waals surface area contributed by atoms with E-state index in [1.165, 1.54) is 11.1 Å². The number of hydroxylamine groups is 1. The molecule has 0 atom stereocenters. The zero-order valence-electron chi connectivity index (χ0n) is 9.49. The van der Waals surface area contributed by atoms with Crippen LogP contribution in [0.1, 0.15) is 11.1 Å². The monoisotopic (exact) mass is 223 g/mol. The van der Waals surface area contributed by atoms with E-state index in [2.05, 4.69) is 17.6 Å². The van der Waals surface area contributed by atoms with Crippen LogP contribution < -0.4 is 10.2 Å². The van der Waals surface area contributed by atoms with Gasteiger partial charge in [0.25, 0.3) is 0 Å². The summed E-state index contributed by atoms with van der Waals surface area (Å²) in [7, 11) is 1.66. The fraction of sp³-hybridized carbons (Fsp3) is 0.500. The van der Waals surface area contributed by atoms with Crippen molar-refractivity contribution in [3.63, 3.8) is 0 Å². The lowest BCUT2D eigenvalue weighted by molar-refractivity contribution is 0.00346. The van der Waals surface area contributed by atoms with Crippen LogP contribution in [0.25, 0.3) is 0 Å². The molecule has 0 fully saturated rings. The SMILES string of the molecule is COCCONCc1ccc2c(c1)CCO2. The van der Waals surface area contributed by atoms with E-state index in [0.29, 0.717) is 19.8 Å². The molecule has 0 radical (unpaired) electrons. The van der Waals surface area contributed by atoms with Crippen molar-refractivity contribution in [1.29, 1.82) is 0 Å². The highest BCUT2D eigenvalue weighted by molar-refractivity contribution is 5.39. The molecule has 1 aliphatic heterocycles. The lowest BCUT2D eigenvalue weighted by atomic mass is 10.1. The highest BCUT2D eigenvalue weighted by Crippen LogP contribution is 2.25. The van der Waals surface area contributed by atoms with Crippen molar-refractivity contribution >= 4 is 0 Å². The Labute approximate surface area is 95.5 Å². The highest BCUT2D eigenvalue weighted by Gasteiger charge is 2.11. The third kappa shape index (κ3) is 2.95. The van der Waals surface area contributed by atoms with E-state index in [1.54, 1.807) is 7.11 Å². The first-order valence-corrected chi connectivity index (χ1v) is 5.48. The van der Waals surface area contributed by atoms with Crippen LogP contribution in [0, 0.1) is 0 Å². The average molecular weight is 223 g/mol. The molecule has 0 aliphatic carbocycles. The average Bonchev–Trinajstić information content (AvgIpc) is 2.76. The maximum atomic E-state index is 5.44. The summed E-state index contributed by atoms with van der Waals surface area (Å²) < 4.78 is 10.3. The second-order valence-corrected chi connectivity index (χ2v) is 3.70. The molecule has 88 valence electrons. The minimum Gasteiger partial charge on any atom is -0.493 e. The third-order valence-corrected chi connectivity index (χ3v) is 2.52. The summed E-state index contributed by atoms with van der Waals surface area (Å²) in [4.78, 5) is 5.19. The number of hydrogen-bond acceptors (Lipinski definition) is 4. The Kier molecular flexibility index (Phi) is 4.16. The molecule has 16 heavy (non-hydrogen) atoms. The molecule has 4 nitrogen and oxygen atoms in total. The van der Waals surface area contributed by atoms with Crippen LogP contribution in [0.15, 0.2) is 18.2 Å². The largest absolute Gasteiger partial charge is 0.493 e. The van der Waals surface area contributed by atoms with Gasteiger partial charge in [-0.25, -0.2) is 0 Å². The summed E-state index contributed by atoms with van der Waals surface area (Å²) in [6, 6.07) is 6.24. The Morgan fingerprint density at radius 2 is 2.31 bits per heavy atom. The minimum absolute atomic E-state index is 0.560. The van der Waals surface area contributed by atoms with E-state index in [0.717, 1.165) is 18.8 Å². The van der Waals surface area contributed by atoms with Crippen LogP contribution in [0.3, 0.4) is 0 Å².